The lowest BCUT2D eigenvalue weighted by Gasteiger charge is -2.35. The van der Waals surface area contributed by atoms with E-state index in [1.807, 2.05) is 4.90 Å². The van der Waals surface area contributed by atoms with Gasteiger partial charge in [0.15, 0.2) is 0 Å². The van der Waals surface area contributed by atoms with E-state index < -0.39 is 10.0 Å². The number of amides is 1. The molecule has 1 aliphatic heterocycles. The number of carbonyl (C=O) groups excluding carboxylic acids is 1. The maximum Gasteiger partial charge on any atom is 0.254 e. The Morgan fingerprint density at radius 1 is 1.28 bits per heavy atom. The van der Waals surface area contributed by atoms with E-state index in [0.29, 0.717) is 5.56 Å². The Kier molecular flexibility index (Phi) is 5.34. The van der Waals surface area contributed by atoms with Gasteiger partial charge in [-0.2, -0.15) is 0 Å². The number of hydrogen-bond acceptors (Lipinski definition) is 4. The second kappa shape index (κ2) is 7.33. The van der Waals surface area contributed by atoms with E-state index in [-0.39, 0.29) is 28.6 Å². The number of hydrogen-bond donors (Lipinski definition) is 1. The second-order valence-electron chi connectivity index (χ2n) is 6.82. The molecular formula is C18H26N2O4S. The minimum atomic E-state index is -3.69. The largest absolute Gasteiger partial charge is 0.495 e. The SMILES string of the molecule is CCC1CCCCN1C(=O)c1ccc(OC)c(S(=O)(=O)NC2CC2)c1. The van der Waals surface area contributed by atoms with Crippen molar-refractivity contribution >= 4 is 15.9 Å². The van der Waals surface area contributed by atoms with Crippen LogP contribution in [0.4, 0.5) is 0 Å². The molecule has 1 N–H and O–H groups in total. The Balaban J connectivity index is 1.91. The average Bonchev–Trinajstić information content (AvgIpc) is 3.43. The van der Waals surface area contributed by atoms with E-state index in [1.165, 1.54) is 13.2 Å². The van der Waals surface area contributed by atoms with Gasteiger partial charge in [0.25, 0.3) is 5.91 Å². The number of ether oxygens (including phenoxy) is 1. The van der Waals surface area contributed by atoms with Crippen LogP contribution in [0.2, 0.25) is 0 Å². The molecule has 2 aliphatic rings. The van der Waals surface area contributed by atoms with Gasteiger partial charge in [-0.15, -0.1) is 0 Å². The van der Waals surface area contributed by atoms with Gasteiger partial charge >= 0.3 is 0 Å². The number of carbonyl (C=O) groups is 1. The van der Waals surface area contributed by atoms with Gasteiger partial charge in [-0.05, 0) is 56.7 Å². The minimum Gasteiger partial charge on any atom is -0.495 e. The van der Waals surface area contributed by atoms with Crippen LogP contribution in [-0.4, -0.2) is 45.0 Å². The van der Waals surface area contributed by atoms with Gasteiger partial charge in [0, 0.05) is 24.2 Å². The smallest absolute Gasteiger partial charge is 0.254 e. The third-order valence-electron chi connectivity index (χ3n) is 4.96. The van der Waals surface area contributed by atoms with Crippen molar-refractivity contribution in [1.29, 1.82) is 0 Å². The first-order valence-corrected chi connectivity index (χ1v) is 10.5. The van der Waals surface area contributed by atoms with E-state index in [2.05, 4.69) is 11.6 Å². The van der Waals surface area contributed by atoms with E-state index in [0.717, 1.165) is 45.1 Å². The molecule has 1 aliphatic carbocycles. The van der Waals surface area contributed by atoms with E-state index in [4.69, 9.17) is 4.74 Å². The Labute approximate surface area is 149 Å². The predicted molar refractivity (Wildman–Crippen MR) is 95.3 cm³/mol. The summed E-state index contributed by atoms with van der Waals surface area (Å²) in [5.41, 5.74) is 0.400. The summed E-state index contributed by atoms with van der Waals surface area (Å²) in [5.74, 6) is 0.160. The van der Waals surface area contributed by atoms with E-state index >= 15 is 0 Å². The molecule has 1 aromatic carbocycles. The highest BCUT2D eigenvalue weighted by atomic mass is 32.2. The van der Waals surface area contributed by atoms with E-state index in [1.54, 1.807) is 12.1 Å². The average molecular weight is 366 g/mol. The van der Waals surface area contributed by atoms with Crippen molar-refractivity contribution in [2.24, 2.45) is 0 Å². The van der Waals surface area contributed by atoms with Crippen molar-refractivity contribution < 1.29 is 17.9 Å². The zero-order valence-corrected chi connectivity index (χ0v) is 15.6. The Morgan fingerprint density at radius 3 is 2.68 bits per heavy atom. The molecule has 6 nitrogen and oxygen atoms in total. The third kappa shape index (κ3) is 3.98. The molecule has 3 rings (SSSR count). The normalized spacial score (nSPS) is 21.2. The molecule has 1 heterocycles. The molecule has 2 fully saturated rings. The molecule has 0 bridgehead atoms. The molecule has 1 unspecified atom stereocenters. The summed E-state index contributed by atoms with van der Waals surface area (Å²) >= 11 is 0. The van der Waals surface area contributed by atoms with Crippen LogP contribution in [0.15, 0.2) is 23.1 Å². The summed E-state index contributed by atoms with van der Waals surface area (Å²) in [6.45, 7) is 2.81. The summed E-state index contributed by atoms with van der Waals surface area (Å²) in [4.78, 5) is 14.9. The molecular weight excluding hydrogens is 340 g/mol. The highest BCUT2D eigenvalue weighted by molar-refractivity contribution is 7.89. The Morgan fingerprint density at radius 2 is 2.04 bits per heavy atom. The molecule has 0 radical (unpaired) electrons. The highest BCUT2D eigenvalue weighted by Crippen LogP contribution is 2.29. The number of rotatable bonds is 6. The first-order chi connectivity index (χ1) is 12.0. The van der Waals surface area contributed by atoms with Crippen LogP contribution < -0.4 is 9.46 Å². The number of methoxy groups -OCH3 is 1. The van der Waals surface area contributed by atoms with Crippen molar-refractivity contribution in [1.82, 2.24) is 9.62 Å². The van der Waals surface area contributed by atoms with Gasteiger partial charge < -0.3 is 9.64 Å². The fourth-order valence-corrected chi connectivity index (χ4v) is 4.86. The number of sulfonamides is 1. The maximum absolute atomic E-state index is 13.0. The first kappa shape index (κ1) is 18.2. The van der Waals surface area contributed by atoms with Crippen molar-refractivity contribution in [2.45, 2.75) is 62.4 Å². The number of piperidine rings is 1. The van der Waals surface area contributed by atoms with Gasteiger partial charge in [-0.25, -0.2) is 13.1 Å². The van der Waals surface area contributed by atoms with Crippen LogP contribution in [0.3, 0.4) is 0 Å². The van der Waals surface area contributed by atoms with Gasteiger partial charge in [0.05, 0.1) is 7.11 Å². The van der Waals surface area contributed by atoms with Crippen LogP contribution in [0.1, 0.15) is 55.8 Å². The van der Waals surface area contributed by atoms with E-state index in [9.17, 15) is 13.2 Å². The summed E-state index contributed by atoms with van der Waals surface area (Å²) in [6, 6.07) is 4.90. The molecule has 25 heavy (non-hydrogen) atoms. The quantitative estimate of drug-likeness (QED) is 0.839. The number of nitrogens with zero attached hydrogens (tertiary/aromatic N) is 1. The lowest BCUT2D eigenvalue weighted by molar-refractivity contribution is 0.0607. The van der Waals surface area contributed by atoms with Crippen molar-refractivity contribution in [2.75, 3.05) is 13.7 Å². The standard InChI is InChI=1S/C18H26N2O4S/c1-3-15-6-4-5-11-20(15)18(21)13-7-10-16(24-2)17(12-13)25(22,23)19-14-8-9-14/h7,10,12,14-15,19H,3-6,8-9,11H2,1-2H3. The van der Waals surface area contributed by atoms with Gasteiger partial charge in [0.1, 0.15) is 10.6 Å². The molecule has 0 spiro atoms. The van der Waals surface area contributed by atoms with Crippen molar-refractivity contribution in [3.8, 4) is 5.75 Å². The lowest BCUT2D eigenvalue weighted by atomic mass is 9.99. The van der Waals surface area contributed by atoms with Gasteiger partial charge in [-0.1, -0.05) is 6.92 Å². The Bertz CT molecular complexity index is 743. The monoisotopic (exact) mass is 366 g/mol. The molecule has 1 amide bonds. The summed E-state index contributed by atoms with van der Waals surface area (Å²) in [5, 5.41) is 0. The molecule has 1 saturated heterocycles. The number of likely N-dealkylation sites (tertiary alicyclic amines) is 1. The summed E-state index contributed by atoms with van der Waals surface area (Å²) in [6.07, 6.45) is 5.75. The van der Waals surface area contributed by atoms with Crippen molar-refractivity contribution in [3.05, 3.63) is 23.8 Å². The van der Waals surface area contributed by atoms with Crippen LogP contribution in [0, 0.1) is 0 Å². The predicted octanol–water partition coefficient (Wildman–Crippen LogP) is 2.54. The lowest BCUT2D eigenvalue weighted by Crippen LogP contribution is -2.43. The molecule has 7 heteroatoms. The maximum atomic E-state index is 13.0. The molecule has 1 atom stereocenters. The van der Waals surface area contributed by atoms with Gasteiger partial charge in [0.2, 0.25) is 10.0 Å². The fourth-order valence-electron chi connectivity index (χ4n) is 3.36. The van der Waals surface area contributed by atoms with Crippen LogP contribution in [-0.2, 0) is 10.0 Å². The van der Waals surface area contributed by atoms with Crippen molar-refractivity contribution in [3.63, 3.8) is 0 Å². The molecule has 138 valence electrons. The third-order valence-corrected chi connectivity index (χ3v) is 6.50. The number of nitrogens with one attached hydrogen (secondary N) is 1. The zero-order valence-electron chi connectivity index (χ0n) is 14.8. The van der Waals surface area contributed by atoms with Crippen LogP contribution in [0.25, 0.3) is 0 Å². The molecule has 0 aromatic heterocycles. The summed E-state index contributed by atoms with van der Waals surface area (Å²) < 4.78 is 33.1. The highest BCUT2D eigenvalue weighted by Gasteiger charge is 2.31. The second-order valence-corrected chi connectivity index (χ2v) is 8.50. The minimum absolute atomic E-state index is 0.000583. The Hall–Kier alpha value is -1.60. The first-order valence-electron chi connectivity index (χ1n) is 8.97. The van der Waals surface area contributed by atoms with Crippen LogP contribution >= 0.6 is 0 Å². The zero-order chi connectivity index (χ0) is 18.0. The number of benzene rings is 1. The summed E-state index contributed by atoms with van der Waals surface area (Å²) in [7, 11) is -2.26. The molecule has 1 saturated carbocycles. The fraction of sp³-hybridized carbons (Fsp3) is 0.611. The topological polar surface area (TPSA) is 75.7 Å². The van der Waals surface area contributed by atoms with Gasteiger partial charge in [-0.3, -0.25) is 4.79 Å². The molecule has 1 aromatic rings. The van der Waals surface area contributed by atoms with Crippen LogP contribution in [0.5, 0.6) is 5.75 Å².